The number of para-hydroxylation sites is 2. The summed E-state index contributed by atoms with van der Waals surface area (Å²) in [6, 6.07) is 21.1. The topological polar surface area (TPSA) is 81.4 Å². The van der Waals surface area contributed by atoms with E-state index in [1.807, 2.05) is 59.2 Å². The molecule has 152 valence electrons. The minimum atomic E-state index is 0.0208. The number of Topliss-reactive ketones (excluding diaryl/α,β-unsaturated/α-hetero) is 1. The lowest BCUT2D eigenvalue weighted by molar-refractivity contribution is 0.101. The van der Waals surface area contributed by atoms with Gasteiger partial charge in [-0.05, 0) is 67.7 Å². The molecule has 7 nitrogen and oxygen atoms in total. The van der Waals surface area contributed by atoms with Gasteiger partial charge in [0.1, 0.15) is 5.69 Å². The van der Waals surface area contributed by atoms with Crippen LogP contribution in [0.1, 0.15) is 23.1 Å². The molecule has 0 saturated carbocycles. The average molecular weight is 427 g/mol. The van der Waals surface area contributed by atoms with Gasteiger partial charge in [-0.25, -0.2) is 4.98 Å². The fraction of sp³-hybridized carbons (Fsp3) is 0.0870. The summed E-state index contributed by atoms with van der Waals surface area (Å²) in [4.78, 5) is 20.9. The number of hydrogen-bond acceptors (Lipinski definition) is 5. The Morgan fingerprint density at radius 2 is 1.81 bits per heavy atom. The van der Waals surface area contributed by atoms with Crippen LogP contribution in [0.3, 0.4) is 0 Å². The molecule has 3 aromatic heterocycles. The van der Waals surface area contributed by atoms with Crippen molar-refractivity contribution in [2.75, 3.05) is 0 Å². The van der Waals surface area contributed by atoms with Crippen molar-refractivity contribution in [3.8, 4) is 17.2 Å². The largest absolute Gasteiger partial charge is 0.315 e. The van der Waals surface area contributed by atoms with E-state index >= 15 is 0 Å². The van der Waals surface area contributed by atoms with E-state index in [0.29, 0.717) is 16.9 Å². The van der Waals surface area contributed by atoms with Gasteiger partial charge in [0, 0.05) is 17.4 Å². The third-order valence-electron chi connectivity index (χ3n) is 5.12. The zero-order valence-electron chi connectivity index (χ0n) is 16.7. The first-order valence-electron chi connectivity index (χ1n) is 9.76. The molecular formula is C23H18N6OS. The molecule has 5 aromatic rings. The lowest BCUT2D eigenvalue weighted by Crippen LogP contribution is -2.09. The summed E-state index contributed by atoms with van der Waals surface area (Å²) in [6.07, 6.45) is 1.76. The summed E-state index contributed by atoms with van der Waals surface area (Å²) >= 11 is 5.50. The summed E-state index contributed by atoms with van der Waals surface area (Å²) in [7, 11) is 0. The molecule has 2 aromatic carbocycles. The molecule has 31 heavy (non-hydrogen) atoms. The quantitative estimate of drug-likeness (QED) is 0.328. The van der Waals surface area contributed by atoms with Gasteiger partial charge in [0.05, 0.1) is 17.6 Å². The monoisotopic (exact) mass is 426 g/mol. The molecule has 0 bridgehead atoms. The molecule has 5 rings (SSSR count). The summed E-state index contributed by atoms with van der Waals surface area (Å²) < 4.78 is 4.44. The molecule has 1 N–H and O–H groups in total. The van der Waals surface area contributed by atoms with Gasteiger partial charge in [-0.1, -0.05) is 18.2 Å². The second kappa shape index (κ2) is 7.73. The van der Waals surface area contributed by atoms with Gasteiger partial charge in [-0.15, -0.1) is 0 Å². The number of nitrogens with zero attached hydrogens (tertiary/aromatic N) is 5. The molecule has 0 saturated heterocycles. The Morgan fingerprint density at radius 3 is 2.55 bits per heavy atom. The van der Waals surface area contributed by atoms with Gasteiger partial charge in [-0.3, -0.25) is 19.4 Å². The predicted molar refractivity (Wildman–Crippen MR) is 121 cm³/mol. The van der Waals surface area contributed by atoms with Crippen molar-refractivity contribution >= 4 is 29.0 Å². The Bertz CT molecular complexity index is 1450. The van der Waals surface area contributed by atoms with Crippen LogP contribution in [0.4, 0.5) is 0 Å². The number of fused-ring (bicyclic) bond motifs is 1. The van der Waals surface area contributed by atoms with E-state index in [1.165, 1.54) is 0 Å². The number of aromatic nitrogens is 6. The zero-order chi connectivity index (χ0) is 21.4. The number of carbonyl (C=O) groups is 1. The highest BCUT2D eigenvalue weighted by molar-refractivity contribution is 7.71. The van der Waals surface area contributed by atoms with Gasteiger partial charge in [-0.2, -0.15) is 5.10 Å². The van der Waals surface area contributed by atoms with Crippen molar-refractivity contribution in [1.82, 2.24) is 29.3 Å². The normalized spacial score (nSPS) is 11.1. The molecule has 0 aliphatic heterocycles. The number of nitrogens with one attached hydrogen (secondary N) is 1. The highest BCUT2D eigenvalue weighted by Gasteiger charge is 2.17. The molecule has 0 atom stereocenters. The maximum absolute atomic E-state index is 11.6. The molecular weight excluding hydrogens is 408 g/mol. The van der Waals surface area contributed by atoms with Crippen LogP contribution in [-0.2, 0) is 6.54 Å². The smallest absolute Gasteiger partial charge is 0.199 e. The third-order valence-corrected chi connectivity index (χ3v) is 5.40. The molecule has 0 amide bonds. The molecule has 0 radical (unpaired) electrons. The van der Waals surface area contributed by atoms with Crippen molar-refractivity contribution in [3.63, 3.8) is 0 Å². The Morgan fingerprint density at radius 1 is 1.03 bits per heavy atom. The standard InChI is InChI=1S/C23H18N6OS/c1-15(30)16-9-11-17(12-10-16)29-21(26-27-23(29)31)14-28-20-8-3-2-6-18(20)25-22(28)19-7-4-5-13-24-19/h2-13H,14H2,1H3,(H,27,31). The average Bonchev–Trinajstić information content (AvgIpc) is 3.35. The van der Waals surface area contributed by atoms with E-state index in [0.717, 1.165) is 34.1 Å². The van der Waals surface area contributed by atoms with E-state index in [1.54, 1.807) is 25.3 Å². The van der Waals surface area contributed by atoms with Gasteiger partial charge in [0.15, 0.2) is 22.2 Å². The van der Waals surface area contributed by atoms with Gasteiger partial charge >= 0.3 is 0 Å². The van der Waals surface area contributed by atoms with Crippen molar-refractivity contribution in [2.45, 2.75) is 13.5 Å². The van der Waals surface area contributed by atoms with E-state index in [-0.39, 0.29) is 5.78 Å². The molecule has 0 spiro atoms. The first kappa shape index (κ1) is 19.1. The number of imidazole rings is 1. The third kappa shape index (κ3) is 3.47. The first-order valence-corrected chi connectivity index (χ1v) is 10.2. The molecule has 0 unspecified atom stereocenters. The Labute approximate surface area is 183 Å². The number of ketones is 1. The highest BCUT2D eigenvalue weighted by Crippen LogP contribution is 2.25. The van der Waals surface area contributed by atoms with Crippen LogP contribution in [0.15, 0.2) is 72.9 Å². The first-order chi connectivity index (χ1) is 15.1. The maximum Gasteiger partial charge on any atom is 0.199 e. The lowest BCUT2D eigenvalue weighted by atomic mass is 10.1. The summed E-state index contributed by atoms with van der Waals surface area (Å²) in [6.45, 7) is 1.99. The molecule has 8 heteroatoms. The summed E-state index contributed by atoms with van der Waals surface area (Å²) in [5.74, 6) is 1.50. The van der Waals surface area contributed by atoms with Crippen LogP contribution in [0.25, 0.3) is 28.2 Å². The second-order valence-corrected chi connectivity index (χ2v) is 7.50. The minimum Gasteiger partial charge on any atom is -0.315 e. The van der Waals surface area contributed by atoms with E-state index < -0.39 is 0 Å². The number of benzene rings is 2. The molecule has 0 aliphatic rings. The Kier molecular flexibility index (Phi) is 4.76. The lowest BCUT2D eigenvalue weighted by Gasteiger charge is -2.11. The van der Waals surface area contributed by atoms with Crippen LogP contribution in [0.2, 0.25) is 0 Å². The van der Waals surface area contributed by atoms with Gasteiger partial charge in [0.25, 0.3) is 0 Å². The Hall–Kier alpha value is -3.91. The summed E-state index contributed by atoms with van der Waals surface area (Å²) in [5.41, 5.74) is 4.14. The van der Waals surface area contributed by atoms with Crippen LogP contribution >= 0.6 is 12.2 Å². The zero-order valence-corrected chi connectivity index (χ0v) is 17.5. The van der Waals surface area contributed by atoms with Crippen LogP contribution in [0, 0.1) is 4.77 Å². The van der Waals surface area contributed by atoms with Gasteiger partial charge < -0.3 is 4.57 Å². The fourth-order valence-corrected chi connectivity index (χ4v) is 3.87. The minimum absolute atomic E-state index is 0.0208. The SMILES string of the molecule is CC(=O)c1ccc(-n2c(Cn3c(-c4ccccn4)nc4ccccc43)n[nH]c2=S)cc1. The second-order valence-electron chi connectivity index (χ2n) is 7.11. The van der Waals surface area contributed by atoms with Gasteiger partial charge in [0.2, 0.25) is 0 Å². The fourth-order valence-electron chi connectivity index (χ4n) is 3.61. The van der Waals surface area contributed by atoms with Crippen molar-refractivity contribution in [1.29, 1.82) is 0 Å². The number of aromatic amines is 1. The maximum atomic E-state index is 11.6. The van der Waals surface area contributed by atoms with Crippen molar-refractivity contribution in [3.05, 3.63) is 89.1 Å². The van der Waals surface area contributed by atoms with Crippen LogP contribution in [-0.4, -0.2) is 35.1 Å². The number of rotatable bonds is 5. The number of pyridine rings is 1. The van der Waals surface area contributed by atoms with E-state index in [2.05, 4.69) is 19.7 Å². The van der Waals surface area contributed by atoms with Crippen molar-refractivity contribution in [2.24, 2.45) is 0 Å². The van der Waals surface area contributed by atoms with Crippen LogP contribution < -0.4 is 0 Å². The van der Waals surface area contributed by atoms with E-state index in [9.17, 15) is 4.79 Å². The molecule has 0 fully saturated rings. The summed E-state index contributed by atoms with van der Waals surface area (Å²) in [5, 5.41) is 7.37. The highest BCUT2D eigenvalue weighted by atomic mass is 32.1. The van der Waals surface area contributed by atoms with E-state index in [4.69, 9.17) is 17.2 Å². The predicted octanol–water partition coefficient (Wildman–Crippen LogP) is 4.59. The molecule has 3 heterocycles. The van der Waals surface area contributed by atoms with Crippen molar-refractivity contribution < 1.29 is 4.79 Å². The Balaban J connectivity index is 1.63. The van der Waals surface area contributed by atoms with Crippen LogP contribution in [0.5, 0.6) is 0 Å². The molecule has 0 aliphatic carbocycles. The number of carbonyl (C=O) groups excluding carboxylic acids is 1. The number of hydrogen-bond donors (Lipinski definition) is 1. The number of H-pyrrole nitrogens is 1.